The fourth-order valence-electron chi connectivity index (χ4n) is 2.01. The third-order valence-corrected chi connectivity index (χ3v) is 3.08. The minimum Gasteiger partial charge on any atom is -0.370 e. The van der Waals surface area contributed by atoms with Crippen LogP contribution in [0, 0.1) is 13.8 Å². The summed E-state index contributed by atoms with van der Waals surface area (Å²) in [5.41, 5.74) is 3.64. The third-order valence-electron chi connectivity index (χ3n) is 3.08. The molecular formula is C15H20N4. The van der Waals surface area contributed by atoms with Gasteiger partial charge in [-0.2, -0.15) is 0 Å². The minimum absolute atomic E-state index is 0.851. The highest BCUT2D eigenvalue weighted by atomic mass is 15.2. The van der Waals surface area contributed by atoms with E-state index in [1.165, 1.54) is 16.8 Å². The monoisotopic (exact) mass is 256 g/mol. The van der Waals surface area contributed by atoms with Gasteiger partial charge in [-0.1, -0.05) is 12.1 Å². The van der Waals surface area contributed by atoms with Crippen molar-refractivity contribution in [1.29, 1.82) is 0 Å². The number of aromatic nitrogens is 2. The Bertz CT molecular complexity index is 566. The SMILES string of the molecule is CCNc1cc(N(C)c2cc(C)ccc2C)ncn1. The van der Waals surface area contributed by atoms with Crippen molar-refractivity contribution in [2.24, 2.45) is 0 Å². The summed E-state index contributed by atoms with van der Waals surface area (Å²) >= 11 is 0. The molecule has 1 heterocycles. The summed E-state index contributed by atoms with van der Waals surface area (Å²) in [6.07, 6.45) is 1.59. The van der Waals surface area contributed by atoms with Gasteiger partial charge in [0.05, 0.1) is 0 Å². The highest BCUT2D eigenvalue weighted by molar-refractivity contribution is 5.65. The van der Waals surface area contributed by atoms with Gasteiger partial charge in [-0.25, -0.2) is 9.97 Å². The van der Waals surface area contributed by atoms with Crippen molar-refractivity contribution >= 4 is 17.3 Å². The lowest BCUT2D eigenvalue weighted by molar-refractivity contribution is 1.06. The Morgan fingerprint density at radius 3 is 2.68 bits per heavy atom. The molecule has 0 saturated carbocycles. The molecule has 19 heavy (non-hydrogen) atoms. The highest BCUT2D eigenvalue weighted by Gasteiger charge is 2.09. The van der Waals surface area contributed by atoms with Gasteiger partial charge in [0.2, 0.25) is 0 Å². The topological polar surface area (TPSA) is 41.0 Å². The Labute approximate surface area is 114 Å². The first-order valence-corrected chi connectivity index (χ1v) is 6.48. The number of rotatable bonds is 4. The lowest BCUT2D eigenvalue weighted by Gasteiger charge is -2.21. The van der Waals surface area contributed by atoms with Crippen molar-refractivity contribution in [2.45, 2.75) is 20.8 Å². The first kappa shape index (κ1) is 13.3. The molecule has 4 nitrogen and oxygen atoms in total. The molecule has 0 saturated heterocycles. The van der Waals surface area contributed by atoms with Crippen molar-refractivity contribution in [1.82, 2.24) is 9.97 Å². The van der Waals surface area contributed by atoms with Gasteiger partial charge in [0, 0.05) is 25.3 Å². The van der Waals surface area contributed by atoms with Gasteiger partial charge in [-0.15, -0.1) is 0 Å². The molecule has 0 atom stereocenters. The normalized spacial score (nSPS) is 10.3. The number of nitrogens with zero attached hydrogens (tertiary/aromatic N) is 3. The molecule has 2 aromatic rings. The molecule has 0 aliphatic carbocycles. The summed E-state index contributed by atoms with van der Waals surface area (Å²) in [5.74, 6) is 1.74. The Morgan fingerprint density at radius 2 is 1.95 bits per heavy atom. The van der Waals surface area contributed by atoms with Crippen LogP contribution < -0.4 is 10.2 Å². The standard InChI is InChI=1S/C15H20N4/c1-5-16-14-9-15(18-10-17-14)19(4)13-8-11(2)6-7-12(13)3/h6-10H,5H2,1-4H3,(H,16,17,18). The van der Waals surface area contributed by atoms with Crippen LogP contribution in [0.4, 0.5) is 17.3 Å². The number of benzene rings is 1. The van der Waals surface area contributed by atoms with E-state index in [-0.39, 0.29) is 0 Å². The van der Waals surface area contributed by atoms with E-state index in [9.17, 15) is 0 Å². The van der Waals surface area contributed by atoms with E-state index < -0.39 is 0 Å². The number of hydrogen-bond acceptors (Lipinski definition) is 4. The second-order valence-corrected chi connectivity index (χ2v) is 4.64. The smallest absolute Gasteiger partial charge is 0.138 e. The van der Waals surface area contributed by atoms with Crippen LogP contribution in [0.2, 0.25) is 0 Å². The summed E-state index contributed by atoms with van der Waals surface area (Å²) in [5, 5.41) is 3.20. The summed E-state index contributed by atoms with van der Waals surface area (Å²) in [7, 11) is 2.03. The average molecular weight is 256 g/mol. The predicted octanol–water partition coefficient (Wildman–Crippen LogP) is 3.29. The Kier molecular flexibility index (Phi) is 4.00. The van der Waals surface area contributed by atoms with Crippen molar-refractivity contribution in [3.63, 3.8) is 0 Å². The van der Waals surface area contributed by atoms with E-state index in [2.05, 4.69) is 59.2 Å². The van der Waals surface area contributed by atoms with Crippen molar-refractivity contribution in [3.05, 3.63) is 41.7 Å². The summed E-state index contributed by atoms with van der Waals surface area (Å²) in [6.45, 7) is 7.11. The zero-order valence-electron chi connectivity index (χ0n) is 11.9. The van der Waals surface area contributed by atoms with Crippen LogP contribution in [0.15, 0.2) is 30.6 Å². The average Bonchev–Trinajstić information content (AvgIpc) is 2.41. The van der Waals surface area contributed by atoms with Crippen LogP contribution >= 0.6 is 0 Å². The van der Waals surface area contributed by atoms with Crippen molar-refractivity contribution < 1.29 is 0 Å². The second-order valence-electron chi connectivity index (χ2n) is 4.64. The van der Waals surface area contributed by atoms with Gasteiger partial charge in [-0.3, -0.25) is 0 Å². The summed E-state index contributed by atoms with van der Waals surface area (Å²) in [4.78, 5) is 10.6. The second kappa shape index (κ2) is 5.69. The van der Waals surface area contributed by atoms with Crippen molar-refractivity contribution in [2.75, 3.05) is 23.8 Å². The van der Waals surface area contributed by atoms with Crippen LogP contribution in [0.1, 0.15) is 18.1 Å². The zero-order chi connectivity index (χ0) is 13.8. The van der Waals surface area contributed by atoms with Gasteiger partial charge >= 0.3 is 0 Å². The van der Waals surface area contributed by atoms with Crippen LogP contribution in [0.3, 0.4) is 0 Å². The molecule has 1 N–H and O–H groups in total. The molecule has 1 aromatic carbocycles. The fourth-order valence-corrected chi connectivity index (χ4v) is 2.01. The van der Waals surface area contributed by atoms with Gasteiger partial charge in [0.1, 0.15) is 18.0 Å². The fraction of sp³-hybridized carbons (Fsp3) is 0.333. The van der Waals surface area contributed by atoms with Crippen LogP contribution in [0.5, 0.6) is 0 Å². The van der Waals surface area contributed by atoms with E-state index in [1.807, 2.05) is 13.1 Å². The molecule has 0 aliphatic rings. The van der Waals surface area contributed by atoms with Crippen LogP contribution in [-0.4, -0.2) is 23.6 Å². The Hall–Kier alpha value is -2.10. The summed E-state index contributed by atoms with van der Waals surface area (Å²) < 4.78 is 0. The maximum Gasteiger partial charge on any atom is 0.138 e. The first-order valence-electron chi connectivity index (χ1n) is 6.48. The van der Waals surface area contributed by atoms with E-state index in [0.29, 0.717) is 0 Å². The Balaban J connectivity index is 2.35. The van der Waals surface area contributed by atoms with Gasteiger partial charge in [0.25, 0.3) is 0 Å². The number of aryl methyl sites for hydroxylation is 2. The molecule has 4 heteroatoms. The maximum atomic E-state index is 4.34. The quantitative estimate of drug-likeness (QED) is 0.911. The van der Waals surface area contributed by atoms with Crippen molar-refractivity contribution in [3.8, 4) is 0 Å². The van der Waals surface area contributed by atoms with Gasteiger partial charge < -0.3 is 10.2 Å². The molecule has 0 fully saturated rings. The lowest BCUT2D eigenvalue weighted by atomic mass is 10.1. The molecule has 2 rings (SSSR count). The molecule has 0 spiro atoms. The van der Waals surface area contributed by atoms with Crippen LogP contribution in [0.25, 0.3) is 0 Å². The number of hydrogen-bond donors (Lipinski definition) is 1. The van der Waals surface area contributed by atoms with Gasteiger partial charge in [-0.05, 0) is 38.0 Å². The minimum atomic E-state index is 0.851. The van der Waals surface area contributed by atoms with Crippen LogP contribution in [-0.2, 0) is 0 Å². The molecule has 0 radical (unpaired) electrons. The molecule has 1 aromatic heterocycles. The molecular weight excluding hydrogens is 236 g/mol. The largest absolute Gasteiger partial charge is 0.370 e. The Morgan fingerprint density at radius 1 is 1.16 bits per heavy atom. The van der Waals surface area contributed by atoms with E-state index in [4.69, 9.17) is 0 Å². The zero-order valence-corrected chi connectivity index (χ0v) is 11.9. The number of anilines is 3. The maximum absolute atomic E-state index is 4.34. The van der Waals surface area contributed by atoms with Gasteiger partial charge in [0.15, 0.2) is 0 Å². The summed E-state index contributed by atoms with van der Waals surface area (Å²) in [6, 6.07) is 8.39. The molecule has 0 aliphatic heterocycles. The van der Waals surface area contributed by atoms with E-state index in [1.54, 1.807) is 6.33 Å². The molecule has 0 bridgehead atoms. The third kappa shape index (κ3) is 3.02. The molecule has 0 unspecified atom stereocenters. The molecule has 100 valence electrons. The highest BCUT2D eigenvalue weighted by Crippen LogP contribution is 2.26. The van der Waals surface area contributed by atoms with E-state index >= 15 is 0 Å². The number of nitrogens with one attached hydrogen (secondary N) is 1. The lowest BCUT2D eigenvalue weighted by Crippen LogP contribution is -2.13. The predicted molar refractivity (Wildman–Crippen MR) is 80.2 cm³/mol. The van der Waals surface area contributed by atoms with E-state index in [0.717, 1.165) is 18.2 Å². The molecule has 0 amide bonds. The first-order chi connectivity index (χ1) is 9.11.